The Bertz CT molecular complexity index is 587. The van der Waals surface area contributed by atoms with Gasteiger partial charge >= 0.3 is 0 Å². The first-order valence-corrected chi connectivity index (χ1v) is 7.50. The SMILES string of the molecule is CCCCCCCc1cc2cc(F)c(C)cc2cc1F. The van der Waals surface area contributed by atoms with Crippen molar-refractivity contribution >= 4 is 10.8 Å². The van der Waals surface area contributed by atoms with Crippen LogP contribution in [-0.4, -0.2) is 0 Å². The van der Waals surface area contributed by atoms with E-state index in [0.29, 0.717) is 11.1 Å². The highest BCUT2D eigenvalue weighted by Gasteiger charge is 2.07. The maximum Gasteiger partial charge on any atom is 0.127 e. The highest BCUT2D eigenvalue weighted by atomic mass is 19.1. The van der Waals surface area contributed by atoms with Gasteiger partial charge in [-0.3, -0.25) is 0 Å². The summed E-state index contributed by atoms with van der Waals surface area (Å²) in [6.45, 7) is 3.88. The largest absolute Gasteiger partial charge is 0.207 e. The first kappa shape index (κ1) is 15.0. The molecule has 2 aromatic rings. The molecule has 108 valence electrons. The average Bonchev–Trinajstić information content (AvgIpc) is 2.41. The lowest BCUT2D eigenvalue weighted by Crippen LogP contribution is -1.93. The summed E-state index contributed by atoms with van der Waals surface area (Å²) in [5, 5.41) is 1.56. The van der Waals surface area contributed by atoms with Crippen molar-refractivity contribution in [2.45, 2.75) is 52.4 Å². The fourth-order valence-corrected chi connectivity index (χ4v) is 2.57. The Kier molecular flexibility index (Phi) is 5.11. The summed E-state index contributed by atoms with van der Waals surface area (Å²) in [6.07, 6.45) is 6.53. The van der Waals surface area contributed by atoms with Gasteiger partial charge in [-0.2, -0.15) is 0 Å². The molecule has 0 aliphatic carbocycles. The van der Waals surface area contributed by atoms with Crippen LogP contribution in [0.3, 0.4) is 0 Å². The summed E-state index contributed by atoms with van der Waals surface area (Å²) in [7, 11) is 0. The van der Waals surface area contributed by atoms with E-state index in [1.165, 1.54) is 31.4 Å². The van der Waals surface area contributed by atoms with E-state index in [0.717, 1.165) is 30.0 Å². The molecule has 2 rings (SSSR count). The molecule has 2 aromatic carbocycles. The Morgan fingerprint density at radius 2 is 1.45 bits per heavy atom. The molecule has 0 N–H and O–H groups in total. The van der Waals surface area contributed by atoms with Gasteiger partial charge in [0.05, 0.1) is 0 Å². The maximum atomic E-state index is 14.0. The van der Waals surface area contributed by atoms with Gasteiger partial charge in [0.1, 0.15) is 11.6 Å². The minimum Gasteiger partial charge on any atom is -0.207 e. The summed E-state index contributed by atoms with van der Waals surface area (Å²) in [4.78, 5) is 0. The second-order valence-electron chi connectivity index (χ2n) is 5.56. The Morgan fingerprint density at radius 3 is 2.20 bits per heavy atom. The van der Waals surface area contributed by atoms with Crippen LogP contribution in [0.5, 0.6) is 0 Å². The molecule has 0 amide bonds. The van der Waals surface area contributed by atoms with Crippen LogP contribution >= 0.6 is 0 Å². The van der Waals surface area contributed by atoms with Crippen molar-refractivity contribution in [3.05, 3.63) is 47.0 Å². The highest BCUT2D eigenvalue weighted by Crippen LogP contribution is 2.24. The van der Waals surface area contributed by atoms with E-state index in [4.69, 9.17) is 0 Å². The van der Waals surface area contributed by atoms with E-state index < -0.39 is 0 Å². The van der Waals surface area contributed by atoms with Crippen LogP contribution in [0.15, 0.2) is 24.3 Å². The van der Waals surface area contributed by atoms with Gasteiger partial charge in [-0.15, -0.1) is 0 Å². The fourth-order valence-electron chi connectivity index (χ4n) is 2.57. The highest BCUT2D eigenvalue weighted by molar-refractivity contribution is 5.84. The monoisotopic (exact) mass is 276 g/mol. The maximum absolute atomic E-state index is 14.0. The molecule has 0 saturated heterocycles. The van der Waals surface area contributed by atoms with E-state index in [1.807, 2.05) is 0 Å². The molecule has 0 unspecified atom stereocenters. The topological polar surface area (TPSA) is 0 Å². The zero-order chi connectivity index (χ0) is 14.5. The van der Waals surface area contributed by atoms with Gasteiger partial charge in [-0.1, -0.05) is 32.6 Å². The normalized spacial score (nSPS) is 11.2. The lowest BCUT2D eigenvalue weighted by atomic mass is 10.00. The Morgan fingerprint density at radius 1 is 0.800 bits per heavy atom. The Hall–Kier alpha value is -1.44. The van der Waals surface area contributed by atoms with E-state index >= 15 is 0 Å². The smallest absolute Gasteiger partial charge is 0.127 e. The molecule has 2 heteroatoms. The first-order chi connectivity index (χ1) is 9.61. The molecule has 20 heavy (non-hydrogen) atoms. The molecule has 0 fully saturated rings. The molecule has 0 atom stereocenters. The Balaban J connectivity index is 2.13. The number of hydrogen-bond donors (Lipinski definition) is 0. The van der Waals surface area contributed by atoms with Gasteiger partial charge in [0.15, 0.2) is 0 Å². The molecule has 0 aromatic heterocycles. The third-order valence-corrected chi connectivity index (χ3v) is 3.83. The van der Waals surface area contributed by atoms with Crippen molar-refractivity contribution in [1.82, 2.24) is 0 Å². The van der Waals surface area contributed by atoms with Crippen LogP contribution in [0.4, 0.5) is 8.78 Å². The van der Waals surface area contributed by atoms with Gasteiger partial charge < -0.3 is 0 Å². The molecular weight excluding hydrogens is 254 g/mol. The number of rotatable bonds is 6. The van der Waals surface area contributed by atoms with Gasteiger partial charge in [0.2, 0.25) is 0 Å². The van der Waals surface area contributed by atoms with Crippen LogP contribution in [0.25, 0.3) is 10.8 Å². The lowest BCUT2D eigenvalue weighted by Gasteiger charge is -2.07. The number of halogens is 2. The van der Waals surface area contributed by atoms with E-state index in [-0.39, 0.29) is 11.6 Å². The second-order valence-corrected chi connectivity index (χ2v) is 5.56. The molecule has 0 bridgehead atoms. The van der Waals surface area contributed by atoms with Crippen LogP contribution in [-0.2, 0) is 6.42 Å². The molecule has 0 spiro atoms. The number of aryl methyl sites for hydroxylation is 2. The molecule has 0 saturated carbocycles. The number of benzene rings is 2. The predicted octanol–water partition coefficient (Wildman–Crippen LogP) is 5.94. The van der Waals surface area contributed by atoms with Crippen LogP contribution < -0.4 is 0 Å². The fraction of sp³-hybridized carbons (Fsp3) is 0.444. The predicted molar refractivity (Wildman–Crippen MR) is 81.1 cm³/mol. The first-order valence-electron chi connectivity index (χ1n) is 7.50. The molecule has 0 nitrogen and oxygen atoms in total. The Labute approximate surface area is 119 Å². The summed E-state index contributed by atoms with van der Waals surface area (Å²) in [5.41, 5.74) is 1.27. The molecule has 0 heterocycles. The summed E-state index contributed by atoms with van der Waals surface area (Å²) in [6, 6.07) is 6.54. The molecule has 0 aliphatic heterocycles. The average molecular weight is 276 g/mol. The van der Waals surface area contributed by atoms with Crippen molar-refractivity contribution < 1.29 is 8.78 Å². The van der Waals surface area contributed by atoms with Crippen molar-refractivity contribution in [1.29, 1.82) is 0 Å². The number of fused-ring (bicyclic) bond motifs is 1. The van der Waals surface area contributed by atoms with Gasteiger partial charge in [-0.05, 0) is 65.9 Å². The van der Waals surface area contributed by atoms with Crippen LogP contribution in [0.1, 0.15) is 50.2 Å². The lowest BCUT2D eigenvalue weighted by molar-refractivity contribution is 0.589. The third-order valence-electron chi connectivity index (χ3n) is 3.83. The number of unbranched alkanes of at least 4 members (excludes halogenated alkanes) is 4. The quantitative estimate of drug-likeness (QED) is 0.573. The third kappa shape index (κ3) is 3.56. The van der Waals surface area contributed by atoms with Crippen molar-refractivity contribution in [2.75, 3.05) is 0 Å². The second kappa shape index (κ2) is 6.83. The number of hydrogen-bond acceptors (Lipinski definition) is 0. The van der Waals surface area contributed by atoms with E-state index in [2.05, 4.69) is 6.92 Å². The van der Waals surface area contributed by atoms with Gasteiger partial charge in [-0.25, -0.2) is 8.78 Å². The van der Waals surface area contributed by atoms with Gasteiger partial charge in [0, 0.05) is 0 Å². The minimum absolute atomic E-state index is 0.168. The van der Waals surface area contributed by atoms with Crippen molar-refractivity contribution in [3.63, 3.8) is 0 Å². The van der Waals surface area contributed by atoms with E-state index in [1.54, 1.807) is 19.1 Å². The molecule has 0 radical (unpaired) electrons. The molecule has 0 aliphatic rings. The summed E-state index contributed by atoms with van der Waals surface area (Å²) < 4.78 is 27.6. The van der Waals surface area contributed by atoms with Crippen molar-refractivity contribution in [3.8, 4) is 0 Å². The van der Waals surface area contributed by atoms with Crippen molar-refractivity contribution in [2.24, 2.45) is 0 Å². The van der Waals surface area contributed by atoms with Crippen LogP contribution in [0.2, 0.25) is 0 Å². The van der Waals surface area contributed by atoms with Gasteiger partial charge in [0.25, 0.3) is 0 Å². The summed E-state index contributed by atoms with van der Waals surface area (Å²) >= 11 is 0. The minimum atomic E-state index is -0.224. The molecular formula is C18H22F2. The standard InChI is InChI=1S/C18H22F2/c1-3-4-5-6-7-8-14-10-16-11-17(19)13(2)9-15(16)12-18(14)20/h9-12H,3-8H2,1-2H3. The van der Waals surface area contributed by atoms with Crippen LogP contribution in [0, 0.1) is 18.6 Å². The summed E-state index contributed by atoms with van der Waals surface area (Å²) in [5.74, 6) is -0.392. The van der Waals surface area contributed by atoms with E-state index in [9.17, 15) is 8.78 Å². The zero-order valence-electron chi connectivity index (χ0n) is 12.3. The zero-order valence-corrected chi connectivity index (χ0v) is 12.3.